The van der Waals surface area contributed by atoms with Gasteiger partial charge in [0.15, 0.2) is 0 Å². The van der Waals surface area contributed by atoms with E-state index in [4.69, 9.17) is 14.9 Å². The van der Waals surface area contributed by atoms with Gasteiger partial charge in [0.05, 0.1) is 12.1 Å². The van der Waals surface area contributed by atoms with Crippen LogP contribution in [0, 0.1) is 28.6 Å². The minimum absolute atomic E-state index is 0.0518. The Morgan fingerprint density at radius 3 is 2.30 bits per heavy atom. The molecule has 0 fully saturated rings. The molecule has 0 aromatic heterocycles. The van der Waals surface area contributed by atoms with Crippen LogP contribution >= 0.6 is 0 Å². The second kappa shape index (κ2) is 4.98. The van der Waals surface area contributed by atoms with Crippen LogP contribution in [0.25, 0.3) is 0 Å². The summed E-state index contributed by atoms with van der Waals surface area (Å²) in [4.78, 5) is 0. The van der Waals surface area contributed by atoms with E-state index < -0.39 is 5.92 Å². The van der Waals surface area contributed by atoms with Crippen LogP contribution in [-0.2, 0) is 4.43 Å². The Morgan fingerprint density at radius 2 is 2.00 bits per heavy atom. The van der Waals surface area contributed by atoms with Gasteiger partial charge in [0.25, 0.3) is 0 Å². The van der Waals surface area contributed by atoms with Crippen LogP contribution in [0.4, 0.5) is 0 Å². The van der Waals surface area contributed by atoms with Crippen LogP contribution in [0.3, 0.4) is 0 Å². The molecule has 54 valence electrons. The molecule has 0 radical (unpaired) electrons. The van der Waals surface area contributed by atoms with Crippen molar-refractivity contribution < 1.29 is 4.43 Å². The van der Waals surface area contributed by atoms with Crippen molar-refractivity contribution in [1.29, 1.82) is 10.5 Å². The lowest BCUT2D eigenvalue weighted by Crippen LogP contribution is -2.10. The first-order valence-corrected chi connectivity index (χ1v) is 3.88. The predicted octanol–water partition coefficient (Wildman–Crippen LogP) is -0.275. The Kier molecular flexibility index (Phi) is 4.56. The van der Waals surface area contributed by atoms with Gasteiger partial charge in [0.1, 0.15) is 16.4 Å². The summed E-state index contributed by atoms with van der Waals surface area (Å²) in [6, 6.07) is 3.78. The van der Waals surface area contributed by atoms with E-state index in [0.717, 1.165) is 0 Å². The van der Waals surface area contributed by atoms with Crippen molar-refractivity contribution in [3.63, 3.8) is 0 Å². The third-order valence-electron chi connectivity index (χ3n) is 1.28. The summed E-state index contributed by atoms with van der Waals surface area (Å²) in [6.45, 7) is 1.87. The Bertz CT molecular complexity index is 156. The number of hydrogen-bond acceptors (Lipinski definition) is 3. The zero-order chi connectivity index (χ0) is 7.98. The maximum Gasteiger partial charge on any atom is 0.146 e. The molecule has 0 heterocycles. The summed E-state index contributed by atoms with van der Waals surface area (Å²) in [5, 5.41) is 16.7. The SMILES string of the molecule is CC(CC(C#N)C#N)O[SiH3]. The molecule has 0 spiro atoms. The van der Waals surface area contributed by atoms with Gasteiger partial charge in [-0.1, -0.05) is 0 Å². The Morgan fingerprint density at radius 1 is 1.50 bits per heavy atom. The molecule has 1 atom stereocenters. The monoisotopic (exact) mass is 154 g/mol. The van der Waals surface area contributed by atoms with Gasteiger partial charge in [-0.2, -0.15) is 10.5 Å². The minimum atomic E-state index is -0.510. The van der Waals surface area contributed by atoms with Gasteiger partial charge in [-0.15, -0.1) is 0 Å². The normalized spacial score (nSPS) is 12.4. The van der Waals surface area contributed by atoms with Crippen LogP contribution in [0.15, 0.2) is 0 Å². The fourth-order valence-corrected chi connectivity index (χ4v) is 0.755. The molecule has 0 aliphatic rings. The first-order chi connectivity index (χ1) is 4.74. The minimum Gasteiger partial charge on any atom is -0.425 e. The van der Waals surface area contributed by atoms with Crippen molar-refractivity contribution in [3.05, 3.63) is 0 Å². The first-order valence-electron chi connectivity index (χ1n) is 3.06. The van der Waals surface area contributed by atoms with Gasteiger partial charge in [-0.05, 0) is 6.92 Å². The van der Waals surface area contributed by atoms with Gasteiger partial charge in [-0.3, -0.25) is 0 Å². The topological polar surface area (TPSA) is 56.8 Å². The van der Waals surface area contributed by atoms with Gasteiger partial charge in [0.2, 0.25) is 0 Å². The standard InChI is InChI=1S/C6H10N2OSi/c1-5(9-10)2-6(3-7)4-8/h5-6H,2H2,1,10H3. The van der Waals surface area contributed by atoms with Crippen molar-refractivity contribution in [3.8, 4) is 12.1 Å². The van der Waals surface area contributed by atoms with Crippen LogP contribution in [-0.4, -0.2) is 16.6 Å². The van der Waals surface area contributed by atoms with E-state index in [1.807, 2.05) is 19.1 Å². The molecule has 0 bridgehead atoms. The highest BCUT2D eigenvalue weighted by Gasteiger charge is 2.09. The molecule has 0 aromatic carbocycles. The van der Waals surface area contributed by atoms with E-state index in [0.29, 0.717) is 16.9 Å². The van der Waals surface area contributed by atoms with Crippen LogP contribution < -0.4 is 0 Å². The molecule has 4 heteroatoms. The van der Waals surface area contributed by atoms with E-state index in [1.54, 1.807) is 0 Å². The van der Waals surface area contributed by atoms with E-state index in [9.17, 15) is 0 Å². The lowest BCUT2D eigenvalue weighted by Gasteiger charge is -2.08. The van der Waals surface area contributed by atoms with Crippen LogP contribution in [0.2, 0.25) is 0 Å². The maximum atomic E-state index is 8.35. The maximum absolute atomic E-state index is 8.35. The zero-order valence-electron chi connectivity index (χ0n) is 6.16. The van der Waals surface area contributed by atoms with Crippen molar-refractivity contribution in [2.24, 2.45) is 5.92 Å². The molecular formula is C6H10N2OSi. The molecule has 0 aliphatic carbocycles. The van der Waals surface area contributed by atoms with E-state index in [-0.39, 0.29) is 6.10 Å². The fourth-order valence-electron chi connectivity index (χ4n) is 0.562. The molecule has 0 aliphatic heterocycles. The Hall–Kier alpha value is -0.843. The van der Waals surface area contributed by atoms with E-state index in [1.165, 1.54) is 0 Å². The summed E-state index contributed by atoms with van der Waals surface area (Å²) < 4.78 is 5.02. The molecule has 0 rings (SSSR count). The number of nitriles is 2. The highest BCUT2D eigenvalue weighted by molar-refractivity contribution is 5.98. The Labute approximate surface area is 63.8 Å². The van der Waals surface area contributed by atoms with Crippen molar-refractivity contribution in [1.82, 2.24) is 0 Å². The van der Waals surface area contributed by atoms with Crippen molar-refractivity contribution in [2.75, 3.05) is 0 Å². The third-order valence-corrected chi connectivity index (χ3v) is 2.09. The van der Waals surface area contributed by atoms with E-state index in [2.05, 4.69) is 0 Å². The van der Waals surface area contributed by atoms with E-state index >= 15 is 0 Å². The van der Waals surface area contributed by atoms with Crippen LogP contribution in [0.1, 0.15) is 13.3 Å². The van der Waals surface area contributed by atoms with Crippen molar-refractivity contribution in [2.45, 2.75) is 19.4 Å². The summed E-state index contributed by atoms with van der Waals surface area (Å²) in [5.74, 6) is -0.510. The second-order valence-corrected chi connectivity index (χ2v) is 2.56. The molecule has 0 saturated heterocycles. The molecule has 3 nitrogen and oxygen atoms in total. The molecule has 10 heavy (non-hydrogen) atoms. The largest absolute Gasteiger partial charge is 0.425 e. The highest BCUT2D eigenvalue weighted by Crippen LogP contribution is 2.05. The van der Waals surface area contributed by atoms with Gasteiger partial charge in [-0.25, -0.2) is 0 Å². The van der Waals surface area contributed by atoms with Gasteiger partial charge < -0.3 is 4.43 Å². The molecule has 1 unspecified atom stereocenters. The number of hydrogen-bond donors (Lipinski definition) is 0. The molecular weight excluding hydrogens is 144 g/mol. The fraction of sp³-hybridized carbons (Fsp3) is 0.667. The summed E-state index contributed by atoms with van der Waals surface area (Å²) in [5.41, 5.74) is 0. The summed E-state index contributed by atoms with van der Waals surface area (Å²) >= 11 is 0. The smallest absolute Gasteiger partial charge is 0.146 e. The predicted molar refractivity (Wildman–Crippen MR) is 39.8 cm³/mol. The zero-order valence-corrected chi connectivity index (χ0v) is 8.16. The van der Waals surface area contributed by atoms with Gasteiger partial charge in [0, 0.05) is 12.5 Å². The quantitative estimate of drug-likeness (QED) is 0.526. The Balaban J connectivity index is 3.69. The average molecular weight is 154 g/mol. The third kappa shape index (κ3) is 3.24. The van der Waals surface area contributed by atoms with Crippen molar-refractivity contribution >= 4 is 10.5 Å². The molecule has 0 saturated carbocycles. The highest BCUT2D eigenvalue weighted by atomic mass is 28.2. The lowest BCUT2D eigenvalue weighted by molar-refractivity contribution is 0.224. The molecule has 0 aromatic rings. The molecule has 0 N–H and O–H groups in total. The molecule has 0 amide bonds. The second-order valence-electron chi connectivity index (χ2n) is 2.09. The summed E-state index contributed by atoms with van der Waals surface area (Å²) in [6.07, 6.45) is 0.576. The average Bonchev–Trinajstić information content (AvgIpc) is 1.99. The number of nitrogens with zero attached hydrogens (tertiary/aromatic N) is 2. The number of rotatable bonds is 3. The summed E-state index contributed by atoms with van der Waals surface area (Å²) in [7, 11) is 0.665. The first kappa shape index (κ1) is 9.16. The lowest BCUT2D eigenvalue weighted by atomic mass is 10.1. The van der Waals surface area contributed by atoms with Crippen LogP contribution in [0.5, 0.6) is 0 Å². The van der Waals surface area contributed by atoms with Gasteiger partial charge >= 0.3 is 0 Å².